The van der Waals surface area contributed by atoms with Crippen molar-refractivity contribution < 1.29 is 0 Å². The van der Waals surface area contributed by atoms with Crippen LogP contribution in [0.4, 0.5) is 11.8 Å². The fourth-order valence-electron chi connectivity index (χ4n) is 2.07. The lowest BCUT2D eigenvalue weighted by Crippen LogP contribution is -2.04. The molecule has 2 aromatic heterocycles. The third-order valence-electron chi connectivity index (χ3n) is 3.13. The molecule has 0 spiro atoms. The van der Waals surface area contributed by atoms with Gasteiger partial charge >= 0.3 is 0 Å². The minimum Gasteiger partial charge on any atom is -0.368 e. The molecule has 1 aromatic carbocycles. The van der Waals surface area contributed by atoms with Gasteiger partial charge in [-0.2, -0.15) is 4.98 Å². The SMILES string of the molecule is Nc1nc(Cl)cc(NCc2ccc(-c3cccnc3)cc2)n1. The monoisotopic (exact) mass is 311 g/mol. The minimum absolute atomic E-state index is 0.155. The summed E-state index contributed by atoms with van der Waals surface area (Å²) in [5.41, 5.74) is 8.91. The number of aromatic nitrogens is 3. The number of nitrogen functional groups attached to an aromatic ring is 1. The van der Waals surface area contributed by atoms with Gasteiger partial charge < -0.3 is 11.1 Å². The van der Waals surface area contributed by atoms with Crippen LogP contribution in [0.2, 0.25) is 5.15 Å². The maximum Gasteiger partial charge on any atom is 0.223 e. The summed E-state index contributed by atoms with van der Waals surface area (Å²) >= 11 is 5.84. The molecular weight excluding hydrogens is 298 g/mol. The highest BCUT2D eigenvalue weighted by molar-refractivity contribution is 6.29. The molecule has 0 fully saturated rings. The first-order valence-electron chi connectivity index (χ1n) is 6.74. The molecule has 0 unspecified atom stereocenters. The Morgan fingerprint density at radius 3 is 2.55 bits per heavy atom. The van der Waals surface area contributed by atoms with Crippen molar-refractivity contribution in [2.45, 2.75) is 6.54 Å². The number of pyridine rings is 1. The van der Waals surface area contributed by atoms with E-state index >= 15 is 0 Å². The normalized spacial score (nSPS) is 10.4. The second-order valence-corrected chi connectivity index (χ2v) is 5.11. The van der Waals surface area contributed by atoms with Crippen LogP contribution in [0.15, 0.2) is 54.9 Å². The standard InChI is InChI=1S/C16H14ClN5/c17-14-8-15(22-16(18)21-14)20-9-11-3-5-12(6-4-11)13-2-1-7-19-10-13/h1-8,10H,9H2,(H3,18,20,21,22). The summed E-state index contributed by atoms with van der Waals surface area (Å²) in [7, 11) is 0. The van der Waals surface area contributed by atoms with Crippen molar-refractivity contribution in [3.05, 3.63) is 65.6 Å². The molecule has 2 heterocycles. The quantitative estimate of drug-likeness (QED) is 0.722. The zero-order valence-electron chi connectivity index (χ0n) is 11.7. The third kappa shape index (κ3) is 3.51. The Hall–Kier alpha value is -2.66. The number of halogens is 1. The fourth-order valence-corrected chi connectivity index (χ4v) is 2.26. The first-order valence-corrected chi connectivity index (χ1v) is 7.12. The van der Waals surface area contributed by atoms with Gasteiger partial charge in [-0.1, -0.05) is 41.9 Å². The highest BCUT2D eigenvalue weighted by atomic mass is 35.5. The minimum atomic E-state index is 0.155. The van der Waals surface area contributed by atoms with E-state index in [0.717, 1.165) is 16.7 Å². The number of nitrogens with two attached hydrogens (primary N) is 1. The van der Waals surface area contributed by atoms with Crippen LogP contribution in [0.1, 0.15) is 5.56 Å². The number of hydrogen-bond donors (Lipinski definition) is 2. The average molecular weight is 312 g/mol. The fraction of sp³-hybridized carbons (Fsp3) is 0.0625. The Kier molecular flexibility index (Phi) is 4.16. The van der Waals surface area contributed by atoms with E-state index in [4.69, 9.17) is 17.3 Å². The van der Waals surface area contributed by atoms with Gasteiger partial charge in [0.25, 0.3) is 0 Å². The van der Waals surface area contributed by atoms with Crippen LogP contribution in [0.5, 0.6) is 0 Å². The molecule has 0 bridgehead atoms. The molecule has 0 aliphatic rings. The van der Waals surface area contributed by atoms with Gasteiger partial charge in [0.15, 0.2) is 0 Å². The molecule has 0 aliphatic heterocycles. The van der Waals surface area contributed by atoms with Crippen LogP contribution in [0, 0.1) is 0 Å². The van der Waals surface area contributed by atoms with Crippen molar-refractivity contribution in [1.82, 2.24) is 15.0 Å². The summed E-state index contributed by atoms with van der Waals surface area (Å²) in [6, 6.07) is 13.8. The highest BCUT2D eigenvalue weighted by Crippen LogP contribution is 2.19. The Bertz CT molecular complexity index is 739. The predicted molar refractivity (Wildman–Crippen MR) is 88.5 cm³/mol. The number of hydrogen-bond acceptors (Lipinski definition) is 5. The zero-order valence-corrected chi connectivity index (χ0v) is 12.5. The van der Waals surface area contributed by atoms with Gasteiger partial charge in [0, 0.05) is 25.0 Å². The maximum absolute atomic E-state index is 5.84. The Morgan fingerprint density at radius 2 is 1.86 bits per heavy atom. The lowest BCUT2D eigenvalue weighted by molar-refractivity contribution is 1.09. The first kappa shape index (κ1) is 14.3. The molecule has 0 atom stereocenters. The summed E-state index contributed by atoms with van der Waals surface area (Å²) in [6.07, 6.45) is 3.61. The van der Waals surface area contributed by atoms with Crippen molar-refractivity contribution in [1.29, 1.82) is 0 Å². The molecule has 0 saturated heterocycles. The van der Waals surface area contributed by atoms with Gasteiger partial charge in [-0.25, -0.2) is 4.98 Å². The summed E-state index contributed by atoms with van der Waals surface area (Å²) in [4.78, 5) is 12.0. The number of rotatable bonds is 4. The Labute approximate surface area is 133 Å². The van der Waals surface area contributed by atoms with E-state index < -0.39 is 0 Å². The lowest BCUT2D eigenvalue weighted by atomic mass is 10.1. The van der Waals surface area contributed by atoms with Gasteiger partial charge in [-0.3, -0.25) is 4.98 Å². The van der Waals surface area contributed by atoms with E-state index in [9.17, 15) is 0 Å². The molecule has 0 aliphatic carbocycles. The molecule has 6 heteroatoms. The molecule has 3 aromatic rings. The van der Waals surface area contributed by atoms with Crippen molar-refractivity contribution in [2.75, 3.05) is 11.1 Å². The second-order valence-electron chi connectivity index (χ2n) is 4.73. The van der Waals surface area contributed by atoms with Crippen LogP contribution in [0.3, 0.4) is 0 Å². The molecular formula is C16H14ClN5. The number of nitrogens with zero attached hydrogens (tertiary/aromatic N) is 3. The summed E-state index contributed by atoms with van der Waals surface area (Å²) in [6.45, 7) is 0.625. The summed E-state index contributed by atoms with van der Waals surface area (Å²) in [5, 5.41) is 3.50. The topological polar surface area (TPSA) is 76.7 Å². The van der Waals surface area contributed by atoms with Crippen molar-refractivity contribution in [3.8, 4) is 11.1 Å². The van der Waals surface area contributed by atoms with E-state index in [1.165, 1.54) is 0 Å². The van der Waals surface area contributed by atoms with Gasteiger partial charge in [0.05, 0.1) is 0 Å². The van der Waals surface area contributed by atoms with E-state index in [2.05, 4.69) is 44.5 Å². The molecule has 5 nitrogen and oxygen atoms in total. The van der Waals surface area contributed by atoms with E-state index in [1.54, 1.807) is 12.3 Å². The average Bonchev–Trinajstić information content (AvgIpc) is 2.53. The van der Waals surface area contributed by atoms with Crippen LogP contribution in [0.25, 0.3) is 11.1 Å². The first-order chi connectivity index (χ1) is 10.7. The highest BCUT2D eigenvalue weighted by Gasteiger charge is 2.01. The molecule has 3 rings (SSSR count). The molecule has 22 heavy (non-hydrogen) atoms. The predicted octanol–water partition coefficient (Wildman–Crippen LogP) is 3.39. The Balaban J connectivity index is 1.69. The molecule has 110 valence electrons. The molecule has 0 radical (unpaired) electrons. The lowest BCUT2D eigenvalue weighted by Gasteiger charge is -2.07. The van der Waals surface area contributed by atoms with E-state index in [0.29, 0.717) is 17.5 Å². The van der Waals surface area contributed by atoms with Crippen LogP contribution < -0.4 is 11.1 Å². The van der Waals surface area contributed by atoms with Crippen molar-refractivity contribution in [3.63, 3.8) is 0 Å². The number of nitrogens with one attached hydrogen (secondary N) is 1. The number of benzene rings is 1. The van der Waals surface area contributed by atoms with Gasteiger partial charge in [0.2, 0.25) is 5.95 Å². The van der Waals surface area contributed by atoms with Crippen molar-refractivity contribution in [2.24, 2.45) is 0 Å². The maximum atomic E-state index is 5.84. The third-order valence-corrected chi connectivity index (χ3v) is 3.33. The molecule has 3 N–H and O–H groups in total. The van der Waals surface area contributed by atoms with Crippen LogP contribution in [-0.2, 0) is 6.54 Å². The van der Waals surface area contributed by atoms with Crippen LogP contribution >= 0.6 is 11.6 Å². The Morgan fingerprint density at radius 1 is 1.05 bits per heavy atom. The molecule has 0 saturated carbocycles. The number of anilines is 2. The zero-order chi connectivity index (χ0) is 15.4. The smallest absolute Gasteiger partial charge is 0.223 e. The van der Waals surface area contributed by atoms with Crippen LogP contribution in [-0.4, -0.2) is 15.0 Å². The second kappa shape index (κ2) is 6.41. The van der Waals surface area contributed by atoms with Gasteiger partial charge in [0.1, 0.15) is 11.0 Å². The van der Waals surface area contributed by atoms with Gasteiger partial charge in [-0.15, -0.1) is 0 Å². The van der Waals surface area contributed by atoms with Gasteiger partial charge in [-0.05, 0) is 22.8 Å². The van der Waals surface area contributed by atoms with E-state index in [-0.39, 0.29) is 5.95 Å². The largest absolute Gasteiger partial charge is 0.368 e. The van der Waals surface area contributed by atoms with E-state index in [1.807, 2.05) is 18.3 Å². The summed E-state index contributed by atoms with van der Waals surface area (Å²) < 4.78 is 0. The summed E-state index contributed by atoms with van der Waals surface area (Å²) in [5.74, 6) is 0.760. The molecule has 0 amide bonds. The van der Waals surface area contributed by atoms with Crippen molar-refractivity contribution >= 4 is 23.4 Å².